The van der Waals surface area contributed by atoms with Crippen LogP contribution >= 0.6 is 23.4 Å². The number of hydrogen-bond acceptors (Lipinski definition) is 5. The van der Waals surface area contributed by atoms with Crippen LogP contribution in [-0.4, -0.2) is 43.2 Å². The third-order valence-electron chi connectivity index (χ3n) is 4.91. The standard InChI is InChI=1S/C22H28ClN3OS/c1-15(28-3)9-12-24-10-4-11-25-22-18-7-5-16(23)13-21(18)26-20-8-6-17(27-2)14-19(20)22/h5-8,13-15,24H,4,9-12H2,1-3H3,(H,25,26). The van der Waals surface area contributed by atoms with E-state index in [1.807, 2.05) is 48.2 Å². The second-order valence-electron chi connectivity index (χ2n) is 6.90. The SMILES string of the molecule is COc1ccc2nc3cc(Cl)ccc3c(NCCCNCCC(C)SC)c2c1. The molecule has 0 spiro atoms. The summed E-state index contributed by atoms with van der Waals surface area (Å²) in [5, 5.41) is 10.7. The first-order valence-electron chi connectivity index (χ1n) is 9.66. The Bertz CT molecular complexity index is 934. The molecule has 0 fully saturated rings. The molecule has 1 unspecified atom stereocenters. The van der Waals surface area contributed by atoms with Gasteiger partial charge in [-0.05, 0) is 68.6 Å². The van der Waals surface area contributed by atoms with Gasteiger partial charge in [0.2, 0.25) is 0 Å². The molecule has 1 atom stereocenters. The molecule has 6 heteroatoms. The van der Waals surface area contributed by atoms with Crippen molar-refractivity contribution in [2.45, 2.75) is 25.0 Å². The Morgan fingerprint density at radius 2 is 1.93 bits per heavy atom. The molecule has 3 rings (SSSR count). The summed E-state index contributed by atoms with van der Waals surface area (Å²) < 4.78 is 5.42. The third kappa shape index (κ3) is 5.22. The van der Waals surface area contributed by atoms with Crippen molar-refractivity contribution < 1.29 is 4.74 Å². The number of aromatic nitrogens is 1. The lowest BCUT2D eigenvalue weighted by atomic mass is 10.1. The van der Waals surface area contributed by atoms with Crippen molar-refractivity contribution in [2.24, 2.45) is 0 Å². The van der Waals surface area contributed by atoms with E-state index >= 15 is 0 Å². The van der Waals surface area contributed by atoms with Crippen LogP contribution in [0.25, 0.3) is 21.8 Å². The van der Waals surface area contributed by atoms with Gasteiger partial charge in [0.05, 0.1) is 23.8 Å². The topological polar surface area (TPSA) is 46.2 Å². The average molecular weight is 418 g/mol. The lowest BCUT2D eigenvalue weighted by Crippen LogP contribution is -2.21. The third-order valence-corrected chi connectivity index (χ3v) is 6.18. The molecule has 1 aromatic heterocycles. The fourth-order valence-electron chi connectivity index (χ4n) is 3.19. The summed E-state index contributed by atoms with van der Waals surface area (Å²) in [6.45, 7) is 5.23. The average Bonchev–Trinajstić information content (AvgIpc) is 2.71. The highest BCUT2D eigenvalue weighted by Gasteiger charge is 2.10. The van der Waals surface area contributed by atoms with Crippen LogP contribution in [0.2, 0.25) is 5.02 Å². The summed E-state index contributed by atoms with van der Waals surface area (Å²) in [5.41, 5.74) is 2.92. The number of fused-ring (bicyclic) bond motifs is 2. The first kappa shape index (κ1) is 21.0. The van der Waals surface area contributed by atoms with Crippen molar-refractivity contribution in [2.75, 3.05) is 38.3 Å². The summed E-state index contributed by atoms with van der Waals surface area (Å²) >= 11 is 8.11. The minimum absolute atomic E-state index is 0.697. The second kappa shape index (κ2) is 10.2. The molecule has 2 aromatic carbocycles. The highest BCUT2D eigenvalue weighted by Crippen LogP contribution is 2.34. The molecular weight excluding hydrogens is 390 g/mol. The molecule has 0 saturated heterocycles. The van der Waals surface area contributed by atoms with Gasteiger partial charge in [-0.2, -0.15) is 11.8 Å². The van der Waals surface area contributed by atoms with Crippen LogP contribution in [0, 0.1) is 0 Å². The molecule has 1 heterocycles. The first-order chi connectivity index (χ1) is 13.6. The minimum atomic E-state index is 0.697. The van der Waals surface area contributed by atoms with Crippen molar-refractivity contribution in [3.05, 3.63) is 41.4 Å². The Balaban J connectivity index is 1.74. The number of ether oxygens (including phenoxy) is 1. The minimum Gasteiger partial charge on any atom is -0.497 e. The number of halogens is 1. The summed E-state index contributed by atoms with van der Waals surface area (Å²) in [5.74, 6) is 0.829. The number of nitrogens with zero attached hydrogens (tertiary/aromatic N) is 1. The Morgan fingerprint density at radius 3 is 2.71 bits per heavy atom. The van der Waals surface area contributed by atoms with Crippen molar-refractivity contribution in [3.63, 3.8) is 0 Å². The zero-order chi connectivity index (χ0) is 19.9. The Hall–Kier alpha value is -1.69. The van der Waals surface area contributed by atoms with Crippen molar-refractivity contribution in [1.82, 2.24) is 10.3 Å². The number of hydrogen-bond donors (Lipinski definition) is 2. The van der Waals surface area contributed by atoms with Crippen molar-refractivity contribution in [3.8, 4) is 5.75 Å². The molecule has 150 valence electrons. The molecule has 0 aliphatic heterocycles. The first-order valence-corrected chi connectivity index (χ1v) is 11.3. The predicted octanol–water partition coefficient (Wildman–Crippen LogP) is 5.58. The number of pyridine rings is 1. The van der Waals surface area contributed by atoms with Crippen molar-refractivity contribution >= 4 is 50.9 Å². The Morgan fingerprint density at radius 1 is 1.07 bits per heavy atom. The second-order valence-corrected chi connectivity index (χ2v) is 8.61. The number of methoxy groups -OCH3 is 1. The Labute approximate surface area is 176 Å². The van der Waals surface area contributed by atoms with Gasteiger partial charge in [0, 0.05) is 27.6 Å². The van der Waals surface area contributed by atoms with E-state index in [9.17, 15) is 0 Å². The molecular formula is C22H28ClN3OS. The van der Waals surface area contributed by atoms with Crippen LogP contribution in [0.5, 0.6) is 5.75 Å². The van der Waals surface area contributed by atoms with Gasteiger partial charge in [-0.1, -0.05) is 18.5 Å². The van der Waals surface area contributed by atoms with Crippen LogP contribution in [0.15, 0.2) is 36.4 Å². The fraction of sp³-hybridized carbons (Fsp3) is 0.409. The maximum absolute atomic E-state index is 6.19. The lowest BCUT2D eigenvalue weighted by molar-refractivity contribution is 0.415. The van der Waals surface area contributed by atoms with E-state index in [0.29, 0.717) is 10.3 Å². The summed E-state index contributed by atoms with van der Waals surface area (Å²) in [6, 6.07) is 11.8. The van der Waals surface area contributed by atoms with Crippen molar-refractivity contribution in [1.29, 1.82) is 0 Å². The van der Waals surface area contributed by atoms with Crippen LogP contribution in [0.1, 0.15) is 19.8 Å². The highest BCUT2D eigenvalue weighted by atomic mass is 35.5. The largest absolute Gasteiger partial charge is 0.497 e. The van der Waals surface area contributed by atoms with E-state index in [1.165, 1.54) is 6.42 Å². The predicted molar refractivity (Wildman–Crippen MR) is 124 cm³/mol. The van der Waals surface area contributed by atoms with Gasteiger partial charge in [-0.25, -0.2) is 4.98 Å². The molecule has 28 heavy (non-hydrogen) atoms. The lowest BCUT2D eigenvalue weighted by Gasteiger charge is -2.15. The summed E-state index contributed by atoms with van der Waals surface area (Å²) in [6.07, 6.45) is 4.42. The highest BCUT2D eigenvalue weighted by molar-refractivity contribution is 7.99. The molecule has 3 aromatic rings. The molecule has 0 radical (unpaired) electrons. The van der Waals surface area contributed by atoms with Gasteiger partial charge in [0.1, 0.15) is 5.75 Å². The van der Waals surface area contributed by atoms with Crippen LogP contribution in [0.3, 0.4) is 0 Å². The van der Waals surface area contributed by atoms with Gasteiger partial charge >= 0.3 is 0 Å². The summed E-state index contributed by atoms with van der Waals surface area (Å²) in [4.78, 5) is 4.77. The molecule has 0 aliphatic rings. The van der Waals surface area contributed by atoms with E-state index in [0.717, 1.165) is 59.3 Å². The molecule has 0 bridgehead atoms. The number of rotatable bonds is 10. The normalized spacial score (nSPS) is 12.4. The maximum atomic E-state index is 6.19. The van der Waals surface area contributed by atoms with E-state index < -0.39 is 0 Å². The van der Waals surface area contributed by atoms with Gasteiger partial charge in [-0.3, -0.25) is 0 Å². The van der Waals surface area contributed by atoms with E-state index in [2.05, 4.69) is 23.8 Å². The van der Waals surface area contributed by atoms with Crippen LogP contribution in [-0.2, 0) is 0 Å². The number of anilines is 1. The number of benzene rings is 2. The van der Waals surface area contributed by atoms with Gasteiger partial charge in [-0.15, -0.1) is 0 Å². The zero-order valence-corrected chi connectivity index (χ0v) is 18.3. The zero-order valence-electron chi connectivity index (χ0n) is 16.7. The Kier molecular flexibility index (Phi) is 7.65. The quantitative estimate of drug-likeness (QED) is 0.333. The fourth-order valence-corrected chi connectivity index (χ4v) is 3.71. The maximum Gasteiger partial charge on any atom is 0.119 e. The smallest absolute Gasteiger partial charge is 0.119 e. The number of thioether (sulfide) groups is 1. The van der Waals surface area contributed by atoms with E-state index in [4.69, 9.17) is 21.3 Å². The van der Waals surface area contributed by atoms with E-state index in [1.54, 1.807) is 7.11 Å². The molecule has 0 amide bonds. The monoisotopic (exact) mass is 417 g/mol. The summed E-state index contributed by atoms with van der Waals surface area (Å²) in [7, 11) is 1.69. The van der Waals surface area contributed by atoms with Crippen LogP contribution in [0.4, 0.5) is 5.69 Å². The molecule has 4 nitrogen and oxygen atoms in total. The molecule has 0 aliphatic carbocycles. The van der Waals surface area contributed by atoms with Crippen LogP contribution < -0.4 is 15.4 Å². The molecule has 2 N–H and O–H groups in total. The molecule has 0 saturated carbocycles. The van der Waals surface area contributed by atoms with E-state index in [-0.39, 0.29) is 0 Å². The number of nitrogens with one attached hydrogen (secondary N) is 2. The van der Waals surface area contributed by atoms with Gasteiger partial charge in [0.15, 0.2) is 0 Å². The van der Waals surface area contributed by atoms with Gasteiger partial charge < -0.3 is 15.4 Å². The van der Waals surface area contributed by atoms with Gasteiger partial charge in [0.25, 0.3) is 0 Å².